The van der Waals surface area contributed by atoms with Gasteiger partial charge in [0.1, 0.15) is 12.4 Å². The van der Waals surface area contributed by atoms with Crippen LogP contribution in [0.5, 0.6) is 5.75 Å². The van der Waals surface area contributed by atoms with E-state index in [4.69, 9.17) is 61.9 Å². The fourth-order valence-electron chi connectivity index (χ4n) is 5.17. The molecule has 0 aromatic heterocycles. The summed E-state index contributed by atoms with van der Waals surface area (Å²) in [6.07, 6.45) is -0.621. The molecule has 2 rings (SSSR count). The molecule has 7 unspecified atom stereocenters. The van der Waals surface area contributed by atoms with Crippen molar-refractivity contribution in [1.29, 1.82) is 0 Å². The number of hydrogen-bond acceptors (Lipinski definition) is 17. The lowest BCUT2D eigenvalue weighted by Crippen LogP contribution is -2.31. The van der Waals surface area contributed by atoms with Gasteiger partial charge < -0.3 is 67.3 Å². The van der Waals surface area contributed by atoms with Gasteiger partial charge in [0.25, 0.3) is 5.91 Å². The molecule has 7 atom stereocenters. The van der Waals surface area contributed by atoms with E-state index in [-0.39, 0.29) is 43.2 Å². The van der Waals surface area contributed by atoms with Gasteiger partial charge in [-0.2, -0.15) is 10.2 Å². The Bertz CT molecular complexity index is 1480. The molecule has 2 N–H and O–H groups in total. The lowest BCUT2D eigenvalue weighted by Gasteiger charge is -2.22. The molecule has 0 heterocycles. The van der Waals surface area contributed by atoms with Gasteiger partial charge in [0.05, 0.1) is 155 Å². The van der Waals surface area contributed by atoms with Gasteiger partial charge in [-0.1, -0.05) is 18.2 Å². The Hall–Kier alpha value is -3.50. The van der Waals surface area contributed by atoms with Gasteiger partial charge in [-0.05, 0) is 84.9 Å². The molecule has 0 saturated carbocycles. The Morgan fingerprint density at radius 1 is 0.516 bits per heavy atom. The Morgan fingerprint density at radius 2 is 0.938 bits per heavy atom. The third-order valence-corrected chi connectivity index (χ3v) is 8.71. The Kier molecular flexibility index (Phi) is 32.5. The second-order valence-electron chi connectivity index (χ2n) is 15.1. The monoisotopic (exact) mass is 910 g/mol. The first-order valence-electron chi connectivity index (χ1n) is 22.2. The van der Waals surface area contributed by atoms with Gasteiger partial charge in [-0.25, -0.2) is 0 Å². The highest BCUT2D eigenvalue weighted by atomic mass is 16.6. The number of amides is 1. The molecule has 0 spiro atoms. The van der Waals surface area contributed by atoms with E-state index in [9.17, 15) is 9.59 Å². The minimum atomic E-state index is -1.25. The van der Waals surface area contributed by atoms with Gasteiger partial charge in [0.2, 0.25) is 6.04 Å². The first kappa shape index (κ1) is 56.6. The lowest BCUT2D eigenvalue weighted by molar-refractivity contribution is -0.126. The van der Waals surface area contributed by atoms with Crippen LogP contribution in [-0.2, 0) is 61.7 Å². The van der Waals surface area contributed by atoms with Crippen molar-refractivity contribution in [2.75, 3.05) is 124 Å². The zero-order valence-electron chi connectivity index (χ0n) is 39.0. The summed E-state index contributed by atoms with van der Waals surface area (Å²) in [4.78, 5) is 24.6. The average Bonchev–Trinajstić information content (AvgIpc) is 3.28. The molecule has 64 heavy (non-hydrogen) atoms. The number of nitrogens with zero attached hydrogens (tertiary/aromatic N) is 2. The maximum absolute atomic E-state index is 12.5. The second kappa shape index (κ2) is 36.7. The van der Waals surface area contributed by atoms with Gasteiger partial charge in [0, 0.05) is 5.69 Å². The number of nitrogens with one attached hydrogen (secondary N) is 1. The smallest absolute Gasteiger partial charge is 0.258 e. The molecule has 1 amide bonds. The Labute approximate surface area is 379 Å². The number of ether oxygens (including phenoxy) is 12. The molecule has 0 saturated heterocycles. The molecule has 2 aromatic carbocycles. The summed E-state index contributed by atoms with van der Waals surface area (Å²) in [5.74, 6) is -0.342. The third kappa shape index (κ3) is 29.8. The molecule has 0 aliphatic carbocycles. The maximum atomic E-state index is 12.5. The van der Waals surface area contributed by atoms with E-state index in [1.807, 2.05) is 47.6 Å². The predicted octanol–water partition coefficient (Wildman–Crippen LogP) is 5.25. The SMILES string of the molecule is CC(=O)C(N=Nc1ccc(OCCOCCOCC(C)OCC(C)OCC(C)OCC(C)OCC(C)OCC(C)OCCOCCOCCOCCO)cc1)C(=O)Nc1ccccc1. The van der Waals surface area contributed by atoms with Crippen LogP contribution < -0.4 is 10.1 Å². The number of benzene rings is 2. The number of rotatable bonds is 41. The van der Waals surface area contributed by atoms with Crippen molar-refractivity contribution in [2.45, 2.75) is 91.1 Å². The molecule has 0 bridgehead atoms. The van der Waals surface area contributed by atoms with E-state index in [0.29, 0.717) is 129 Å². The highest BCUT2D eigenvalue weighted by Gasteiger charge is 2.23. The van der Waals surface area contributed by atoms with Crippen LogP contribution >= 0.6 is 0 Å². The van der Waals surface area contributed by atoms with Crippen LogP contribution in [0.15, 0.2) is 64.8 Å². The van der Waals surface area contributed by atoms with E-state index in [0.717, 1.165) is 0 Å². The molecule has 0 aliphatic rings. The van der Waals surface area contributed by atoms with E-state index in [2.05, 4.69) is 15.5 Å². The van der Waals surface area contributed by atoms with Gasteiger partial charge in [-0.15, -0.1) is 0 Å². The maximum Gasteiger partial charge on any atom is 0.258 e. The Balaban J connectivity index is 1.42. The van der Waals surface area contributed by atoms with E-state index in [1.54, 1.807) is 48.5 Å². The van der Waals surface area contributed by atoms with Crippen molar-refractivity contribution in [1.82, 2.24) is 0 Å². The third-order valence-electron chi connectivity index (χ3n) is 8.71. The summed E-state index contributed by atoms with van der Waals surface area (Å²) in [5, 5.41) is 19.4. The first-order valence-corrected chi connectivity index (χ1v) is 22.2. The number of hydrogen-bond donors (Lipinski definition) is 2. The van der Waals surface area contributed by atoms with Crippen molar-refractivity contribution < 1.29 is 71.5 Å². The van der Waals surface area contributed by atoms with E-state index < -0.39 is 17.7 Å². The molecule has 18 heteroatoms. The minimum Gasteiger partial charge on any atom is -0.491 e. The Morgan fingerprint density at radius 3 is 1.42 bits per heavy atom. The quantitative estimate of drug-likeness (QED) is 0.0497. The van der Waals surface area contributed by atoms with Crippen LogP contribution in [0.25, 0.3) is 0 Å². The van der Waals surface area contributed by atoms with Crippen molar-refractivity contribution in [3.05, 3.63) is 54.6 Å². The molecular formula is C46H75N3O15. The normalized spacial score (nSPS) is 15.1. The average molecular weight is 910 g/mol. The zero-order chi connectivity index (χ0) is 46.6. The lowest BCUT2D eigenvalue weighted by atomic mass is 10.2. The summed E-state index contributed by atoms with van der Waals surface area (Å²) in [6.45, 7) is 20.4. The number of carbonyl (C=O) groups excluding carboxylic acids is 2. The number of aliphatic hydroxyl groups excluding tert-OH is 1. The van der Waals surface area contributed by atoms with Crippen molar-refractivity contribution in [3.8, 4) is 5.75 Å². The van der Waals surface area contributed by atoms with Crippen molar-refractivity contribution in [2.24, 2.45) is 10.2 Å². The number of aliphatic hydroxyl groups is 1. The van der Waals surface area contributed by atoms with Crippen LogP contribution in [-0.4, -0.2) is 178 Å². The number of anilines is 1. The largest absolute Gasteiger partial charge is 0.491 e. The van der Waals surface area contributed by atoms with E-state index >= 15 is 0 Å². The first-order chi connectivity index (χ1) is 31.0. The number of para-hydroxylation sites is 1. The number of ketones is 1. The summed E-state index contributed by atoms with van der Waals surface area (Å²) in [5.41, 5.74) is 1.05. The van der Waals surface area contributed by atoms with Crippen LogP contribution in [0.3, 0.4) is 0 Å². The standard InChI is InChI=1S/C46H75N3O15/c1-35(29-57-24-23-56-26-28-59-44-15-13-43(14-16-44)48-49-45(41(7)51)46(52)47-42-11-9-8-10-12-42)60-31-37(3)62-33-39(5)64-34-40(6)63-32-38(4)61-30-36(2)58-27-25-55-22-21-54-20-19-53-18-17-50/h8-16,35-40,45,50H,17-34H2,1-7H3,(H,47,52). The highest BCUT2D eigenvalue weighted by Crippen LogP contribution is 2.19. The van der Waals surface area contributed by atoms with E-state index in [1.165, 1.54) is 6.92 Å². The van der Waals surface area contributed by atoms with Crippen LogP contribution in [0.2, 0.25) is 0 Å². The summed E-state index contributed by atoms with van der Waals surface area (Å²) in [7, 11) is 0. The van der Waals surface area contributed by atoms with Crippen LogP contribution in [0.1, 0.15) is 48.5 Å². The zero-order valence-corrected chi connectivity index (χ0v) is 39.0. The van der Waals surface area contributed by atoms with Gasteiger partial charge in [0.15, 0.2) is 5.78 Å². The second-order valence-corrected chi connectivity index (χ2v) is 15.1. The summed E-state index contributed by atoms with van der Waals surface area (Å²) < 4.78 is 68.3. The molecule has 364 valence electrons. The molecule has 2 aromatic rings. The van der Waals surface area contributed by atoms with Crippen LogP contribution in [0, 0.1) is 0 Å². The highest BCUT2D eigenvalue weighted by molar-refractivity contribution is 6.10. The summed E-state index contributed by atoms with van der Waals surface area (Å²) >= 11 is 0. The molecule has 0 fully saturated rings. The molecule has 0 aliphatic heterocycles. The predicted molar refractivity (Wildman–Crippen MR) is 240 cm³/mol. The van der Waals surface area contributed by atoms with Crippen LogP contribution in [0.4, 0.5) is 11.4 Å². The van der Waals surface area contributed by atoms with Gasteiger partial charge in [-0.3, -0.25) is 9.59 Å². The minimum absolute atomic E-state index is 0.0116. The fourth-order valence-corrected chi connectivity index (χ4v) is 5.17. The number of carbonyl (C=O) groups is 2. The van der Waals surface area contributed by atoms with Crippen molar-refractivity contribution >= 4 is 23.1 Å². The summed E-state index contributed by atoms with van der Waals surface area (Å²) in [6, 6.07) is 14.4. The molecule has 0 radical (unpaired) electrons. The van der Waals surface area contributed by atoms with Crippen molar-refractivity contribution in [3.63, 3.8) is 0 Å². The molecular weight excluding hydrogens is 835 g/mol. The number of Topliss-reactive ketones (excluding diaryl/α,β-unsaturated/α-hetero) is 1. The van der Waals surface area contributed by atoms with Gasteiger partial charge >= 0.3 is 0 Å². The fraction of sp³-hybridized carbons (Fsp3) is 0.696. The number of azo groups is 1. The molecule has 18 nitrogen and oxygen atoms in total. The topological polar surface area (TPSA) is 202 Å².